The van der Waals surface area contributed by atoms with E-state index in [2.05, 4.69) is 5.10 Å². The molecule has 0 aliphatic rings. The minimum absolute atomic E-state index is 0.114. The van der Waals surface area contributed by atoms with Gasteiger partial charge in [-0.1, -0.05) is 35.3 Å². The van der Waals surface area contributed by atoms with E-state index in [0.717, 1.165) is 27.4 Å². The molecule has 0 aliphatic carbocycles. The molecular weight excluding hydrogens is 281 g/mol. The summed E-state index contributed by atoms with van der Waals surface area (Å²) in [4.78, 5) is 0. The summed E-state index contributed by atoms with van der Waals surface area (Å²) in [5.74, 6) is 0. The van der Waals surface area contributed by atoms with Crippen molar-refractivity contribution in [3.05, 3.63) is 50.8 Å². The molecule has 0 amide bonds. The zero-order valence-electron chi connectivity index (χ0n) is 11.2. The topological polar surface area (TPSA) is 43.8 Å². The van der Waals surface area contributed by atoms with E-state index in [1.165, 1.54) is 0 Å². The SMILES string of the molecule is Cc1cc(C(N)Cc2c(C)nn(C)c2Cl)ccc1Cl. The van der Waals surface area contributed by atoms with Gasteiger partial charge in [0.25, 0.3) is 0 Å². The van der Waals surface area contributed by atoms with Gasteiger partial charge in [-0.05, 0) is 37.5 Å². The van der Waals surface area contributed by atoms with Crippen molar-refractivity contribution in [1.29, 1.82) is 0 Å². The molecule has 1 aromatic carbocycles. The largest absolute Gasteiger partial charge is 0.324 e. The summed E-state index contributed by atoms with van der Waals surface area (Å²) in [6, 6.07) is 5.74. The van der Waals surface area contributed by atoms with E-state index < -0.39 is 0 Å². The second-order valence-corrected chi connectivity index (χ2v) is 5.56. The number of halogens is 2. The minimum atomic E-state index is -0.114. The van der Waals surface area contributed by atoms with E-state index >= 15 is 0 Å². The second kappa shape index (κ2) is 5.53. The van der Waals surface area contributed by atoms with Crippen molar-refractivity contribution in [2.75, 3.05) is 0 Å². The van der Waals surface area contributed by atoms with Gasteiger partial charge in [0, 0.05) is 23.7 Å². The maximum Gasteiger partial charge on any atom is 0.130 e. The van der Waals surface area contributed by atoms with E-state index in [0.29, 0.717) is 11.6 Å². The fourth-order valence-electron chi connectivity index (χ4n) is 2.14. The predicted octanol–water partition coefficient (Wildman–Crippen LogP) is 3.59. The monoisotopic (exact) mass is 297 g/mol. The van der Waals surface area contributed by atoms with Crippen molar-refractivity contribution in [2.45, 2.75) is 26.3 Å². The number of nitrogens with two attached hydrogens (primary N) is 1. The highest BCUT2D eigenvalue weighted by Crippen LogP contribution is 2.26. The molecule has 2 aromatic rings. The quantitative estimate of drug-likeness (QED) is 0.941. The van der Waals surface area contributed by atoms with Crippen LogP contribution in [0.4, 0.5) is 0 Å². The van der Waals surface area contributed by atoms with E-state index in [9.17, 15) is 0 Å². The Morgan fingerprint density at radius 2 is 2.00 bits per heavy atom. The van der Waals surface area contributed by atoms with Gasteiger partial charge in [0.05, 0.1) is 5.69 Å². The second-order valence-electron chi connectivity index (χ2n) is 4.80. The van der Waals surface area contributed by atoms with Gasteiger partial charge < -0.3 is 5.73 Å². The average molecular weight is 298 g/mol. The Labute approximate surface area is 123 Å². The molecule has 0 aliphatic heterocycles. The van der Waals surface area contributed by atoms with Gasteiger partial charge in [0.1, 0.15) is 5.15 Å². The van der Waals surface area contributed by atoms with E-state index in [1.807, 2.05) is 39.1 Å². The van der Waals surface area contributed by atoms with Gasteiger partial charge in [0.2, 0.25) is 0 Å². The van der Waals surface area contributed by atoms with Crippen molar-refractivity contribution in [3.63, 3.8) is 0 Å². The van der Waals surface area contributed by atoms with Crippen LogP contribution in [0.25, 0.3) is 0 Å². The van der Waals surface area contributed by atoms with Crippen LogP contribution < -0.4 is 5.73 Å². The van der Waals surface area contributed by atoms with Gasteiger partial charge >= 0.3 is 0 Å². The number of aryl methyl sites for hydroxylation is 3. The van der Waals surface area contributed by atoms with Crippen LogP contribution in [-0.4, -0.2) is 9.78 Å². The molecule has 1 unspecified atom stereocenters. The van der Waals surface area contributed by atoms with Crippen LogP contribution in [-0.2, 0) is 13.5 Å². The maximum atomic E-state index is 6.25. The molecule has 1 heterocycles. The summed E-state index contributed by atoms with van der Waals surface area (Å²) in [6.45, 7) is 3.92. The van der Waals surface area contributed by atoms with Crippen LogP contribution in [0.3, 0.4) is 0 Å². The van der Waals surface area contributed by atoms with Gasteiger partial charge in [-0.2, -0.15) is 5.10 Å². The van der Waals surface area contributed by atoms with Crippen molar-refractivity contribution in [2.24, 2.45) is 12.8 Å². The van der Waals surface area contributed by atoms with Crippen molar-refractivity contribution < 1.29 is 0 Å². The summed E-state index contributed by atoms with van der Waals surface area (Å²) in [6.07, 6.45) is 0.666. The Kier molecular flexibility index (Phi) is 4.19. The van der Waals surface area contributed by atoms with Gasteiger partial charge in [-0.3, -0.25) is 4.68 Å². The Balaban J connectivity index is 2.25. The first-order valence-electron chi connectivity index (χ1n) is 6.09. The molecule has 2 rings (SSSR count). The summed E-state index contributed by atoms with van der Waals surface area (Å²) in [5, 5.41) is 5.70. The highest BCUT2D eigenvalue weighted by molar-refractivity contribution is 6.31. The molecule has 0 saturated heterocycles. The van der Waals surface area contributed by atoms with Gasteiger partial charge in [-0.15, -0.1) is 0 Å². The highest BCUT2D eigenvalue weighted by Gasteiger charge is 2.16. The molecular formula is C14H17Cl2N3. The summed E-state index contributed by atoms with van der Waals surface area (Å²) >= 11 is 12.2. The van der Waals surface area contributed by atoms with Crippen LogP contribution in [0.2, 0.25) is 10.2 Å². The Bertz CT molecular complexity index is 605. The number of hydrogen-bond acceptors (Lipinski definition) is 2. The summed E-state index contributed by atoms with van der Waals surface area (Å²) < 4.78 is 1.67. The third kappa shape index (κ3) is 2.94. The summed E-state index contributed by atoms with van der Waals surface area (Å²) in [7, 11) is 1.83. The normalized spacial score (nSPS) is 12.7. The van der Waals surface area contributed by atoms with Crippen molar-refractivity contribution in [3.8, 4) is 0 Å². The first-order chi connectivity index (χ1) is 8.90. The highest BCUT2D eigenvalue weighted by atomic mass is 35.5. The molecule has 0 saturated carbocycles. The smallest absolute Gasteiger partial charge is 0.130 e. The lowest BCUT2D eigenvalue weighted by Crippen LogP contribution is -2.14. The number of rotatable bonds is 3. The fourth-order valence-corrected chi connectivity index (χ4v) is 2.51. The lowest BCUT2D eigenvalue weighted by atomic mass is 9.99. The molecule has 0 fully saturated rings. The molecule has 19 heavy (non-hydrogen) atoms. The van der Waals surface area contributed by atoms with Crippen LogP contribution in [0.5, 0.6) is 0 Å². The number of hydrogen-bond donors (Lipinski definition) is 1. The first kappa shape index (κ1) is 14.4. The standard InChI is InChI=1S/C14H17Cl2N3/c1-8-6-10(4-5-12(8)15)13(17)7-11-9(2)18-19(3)14(11)16/h4-6,13H,7,17H2,1-3H3. The molecule has 1 aromatic heterocycles. The van der Waals surface area contributed by atoms with Crippen LogP contribution in [0, 0.1) is 13.8 Å². The zero-order chi connectivity index (χ0) is 14.2. The van der Waals surface area contributed by atoms with Gasteiger partial charge in [-0.25, -0.2) is 0 Å². The molecule has 0 spiro atoms. The maximum absolute atomic E-state index is 6.25. The van der Waals surface area contributed by atoms with Gasteiger partial charge in [0.15, 0.2) is 0 Å². The lowest BCUT2D eigenvalue weighted by molar-refractivity contribution is 0.717. The van der Waals surface area contributed by atoms with Crippen molar-refractivity contribution >= 4 is 23.2 Å². The number of aromatic nitrogens is 2. The third-order valence-corrected chi connectivity index (χ3v) is 4.20. The van der Waals surface area contributed by atoms with E-state index in [1.54, 1.807) is 4.68 Å². The molecule has 1 atom stereocenters. The minimum Gasteiger partial charge on any atom is -0.324 e. The third-order valence-electron chi connectivity index (χ3n) is 3.30. The molecule has 0 bridgehead atoms. The molecule has 0 radical (unpaired) electrons. The average Bonchev–Trinajstić information content (AvgIpc) is 2.59. The van der Waals surface area contributed by atoms with Crippen LogP contribution >= 0.6 is 23.2 Å². The molecule has 102 valence electrons. The Morgan fingerprint density at radius 3 is 2.53 bits per heavy atom. The predicted molar refractivity (Wildman–Crippen MR) is 79.8 cm³/mol. The first-order valence-corrected chi connectivity index (χ1v) is 6.85. The Morgan fingerprint density at radius 1 is 1.32 bits per heavy atom. The van der Waals surface area contributed by atoms with E-state index in [-0.39, 0.29) is 6.04 Å². The fraction of sp³-hybridized carbons (Fsp3) is 0.357. The number of benzene rings is 1. The van der Waals surface area contributed by atoms with E-state index in [4.69, 9.17) is 28.9 Å². The van der Waals surface area contributed by atoms with Crippen LogP contribution in [0.1, 0.15) is 28.4 Å². The van der Waals surface area contributed by atoms with Crippen LogP contribution in [0.15, 0.2) is 18.2 Å². The zero-order valence-corrected chi connectivity index (χ0v) is 12.8. The molecule has 3 nitrogen and oxygen atoms in total. The van der Waals surface area contributed by atoms with Crippen molar-refractivity contribution in [1.82, 2.24) is 9.78 Å². The molecule has 2 N–H and O–H groups in total. The Hall–Kier alpha value is -1.03. The summed E-state index contributed by atoms with van der Waals surface area (Å²) in [5.41, 5.74) is 10.3. The lowest BCUT2D eigenvalue weighted by Gasteiger charge is -2.13. The molecule has 5 heteroatoms. The number of nitrogens with zero attached hydrogens (tertiary/aromatic N) is 2.